The van der Waals surface area contributed by atoms with Crippen molar-refractivity contribution in [1.29, 1.82) is 0 Å². The number of hydrogen-bond donors (Lipinski definition) is 6. The summed E-state index contributed by atoms with van der Waals surface area (Å²) in [4.78, 5) is 28.4. The van der Waals surface area contributed by atoms with E-state index in [1.54, 1.807) is 13.8 Å². The second-order valence-corrected chi connectivity index (χ2v) is 12.8. The zero-order valence-electron chi connectivity index (χ0n) is 20.7. The van der Waals surface area contributed by atoms with Crippen molar-refractivity contribution < 1.29 is 30.6 Å². The van der Waals surface area contributed by atoms with Crippen molar-refractivity contribution in [2.75, 3.05) is 0 Å². The van der Waals surface area contributed by atoms with E-state index >= 15 is 0 Å². The minimum absolute atomic E-state index is 0.0402. The van der Waals surface area contributed by atoms with E-state index in [1.165, 1.54) is 6.07 Å². The van der Waals surface area contributed by atoms with E-state index in [4.69, 9.17) is 0 Å². The van der Waals surface area contributed by atoms with Crippen LogP contribution in [0.25, 0.3) is 75.4 Å². The van der Waals surface area contributed by atoms with Gasteiger partial charge in [-0.05, 0) is 89.6 Å². The molecule has 8 aromatic rings. The molecule has 0 radical (unpaired) electrons. The van der Waals surface area contributed by atoms with E-state index in [0.717, 1.165) is 0 Å². The molecule has 41 heavy (non-hydrogen) atoms. The molecule has 0 atom stereocenters. The fourth-order valence-electron chi connectivity index (χ4n) is 7.03. The fourth-order valence-corrected chi connectivity index (χ4v) is 8.22. The molecule has 6 N–H and O–H groups in total. The molecule has 11 heteroatoms. The summed E-state index contributed by atoms with van der Waals surface area (Å²) < 4.78 is -0.222. The van der Waals surface area contributed by atoms with Crippen LogP contribution in [0.3, 0.4) is 0 Å². The van der Waals surface area contributed by atoms with Gasteiger partial charge in [-0.1, -0.05) is 0 Å². The first-order chi connectivity index (χ1) is 19.3. The van der Waals surface area contributed by atoms with Gasteiger partial charge in [0.1, 0.15) is 43.4 Å². The fraction of sp³-hybridized carbons (Fsp3) is 0.0667. The van der Waals surface area contributed by atoms with Gasteiger partial charge in [0.15, 0.2) is 0 Å². The first-order valence-corrected chi connectivity index (χ1v) is 14.5. The van der Waals surface area contributed by atoms with Gasteiger partial charge in [0.05, 0.1) is 26.0 Å². The quantitative estimate of drug-likeness (QED) is 0.0696. The minimum atomic E-state index is -0.716. The van der Waals surface area contributed by atoms with Crippen molar-refractivity contribution in [3.05, 3.63) is 51.1 Å². The lowest BCUT2D eigenvalue weighted by Crippen LogP contribution is -2.11. The first kappa shape index (κ1) is 25.0. The van der Waals surface area contributed by atoms with Gasteiger partial charge in [-0.15, -0.1) is 0 Å². The first-order valence-electron chi connectivity index (χ1n) is 12.1. The van der Waals surface area contributed by atoms with Crippen molar-refractivity contribution >= 4 is 123 Å². The SMILES string of the molecule is Cc1cc(O)c2c(=O)c3c(O)c(Br)c(O)c4c5c(O)c(Br)c(O)c6c(=O)c7c(O)c(Br)c(C)c8c1c2c(c34)c(c78)c65. The van der Waals surface area contributed by atoms with Crippen LogP contribution in [0.1, 0.15) is 11.1 Å². The number of fused-ring (bicyclic) bond motifs is 2. The molecular weight excluding hydrogens is 728 g/mol. The summed E-state index contributed by atoms with van der Waals surface area (Å²) >= 11 is 9.74. The second-order valence-electron chi connectivity index (χ2n) is 10.4. The normalized spacial score (nSPS) is 12.8. The highest BCUT2D eigenvalue weighted by Crippen LogP contribution is 2.60. The molecule has 0 aliphatic carbocycles. The maximum atomic E-state index is 14.2. The lowest BCUT2D eigenvalue weighted by atomic mass is 9.78. The van der Waals surface area contributed by atoms with Crippen LogP contribution >= 0.6 is 47.8 Å². The molecule has 0 bridgehead atoms. The van der Waals surface area contributed by atoms with Gasteiger partial charge < -0.3 is 30.6 Å². The van der Waals surface area contributed by atoms with Crippen LogP contribution in [0.4, 0.5) is 0 Å². The minimum Gasteiger partial charge on any atom is -0.507 e. The van der Waals surface area contributed by atoms with Gasteiger partial charge in [0.25, 0.3) is 0 Å². The van der Waals surface area contributed by atoms with Crippen LogP contribution in [0.5, 0.6) is 34.5 Å². The number of benzene rings is 8. The number of phenols is 6. The third-order valence-corrected chi connectivity index (χ3v) is 11.1. The summed E-state index contributed by atoms with van der Waals surface area (Å²) in [6.45, 7) is 3.48. The van der Waals surface area contributed by atoms with Gasteiger partial charge in [0, 0.05) is 43.1 Å². The summed E-state index contributed by atoms with van der Waals surface area (Å²) in [5.74, 6) is -2.83. The van der Waals surface area contributed by atoms with E-state index in [-0.39, 0.29) is 68.0 Å². The Bertz CT molecular complexity index is 2680. The van der Waals surface area contributed by atoms with E-state index in [2.05, 4.69) is 47.8 Å². The lowest BCUT2D eigenvalue weighted by molar-refractivity contribution is 0.449. The molecule has 0 unspecified atom stereocenters. The summed E-state index contributed by atoms with van der Waals surface area (Å²) in [5.41, 5.74) is -0.293. The lowest BCUT2D eigenvalue weighted by Gasteiger charge is -2.26. The maximum absolute atomic E-state index is 14.2. The van der Waals surface area contributed by atoms with Crippen LogP contribution in [-0.2, 0) is 0 Å². The molecule has 0 fully saturated rings. The highest BCUT2D eigenvalue weighted by molar-refractivity contribution is 9.11. The van der Waals surface area contributed by atoms with Crippen LogP contribution in [0.2, 0.25) is 0 Å². The van der Waals surface area contributed by atoms with Crippen LogP contribution in [0, 0.1) is 13.8 Å². The van der Waals surface area contributed by atoms with Crippen LogP contribution < -0.4 is 10.9 Å². The summed E-state index contributed by atoms with van der Waals surface area (Å²) in [6.07, 6.45) is 0. The molecule has 8 aromatic carbocycles. The smallest absolute Gasteiger partial charge is 0.201 e. The van der Waals surface area contributed by atoms with E-state index < -0.39 is 33.9 Å². The van der Waals surface area contributed by atoms with E-state index in [0.29, 0.717) is 43.4 Å². The third kappa shape index (κ3) is 2.42. The standard InChI is InChI=1S/C30H13Br3O8/c1-4-3-6(34)9-10-7(4)8-5(2)21(31)28(39)18-11(8)13-12(10)14-16(26(37)22(32)29(40)19(14)24(9)35)17-15(13)20(25(18)36)30(41)23(33)27(17)38/h3,34,37-41H,1-2H3. The van der Waals surface area contributed by atoms with Gasteiger partial charge in [-0.3, -0.25) is 9.59 Å². The van der Waals surface area contributed by atoms with Gasteiger partial charge in [-0.2, -0.15) is 0 Å². The zero-order chi connectivity index (χ0) is 29.3. The monoisotopic (exact) mass is 738 g/mol. The summed E-state index contributed by atoms with van der Waals surface area (Å²) in [7, 11) is 0. The number of hydrogen-bond acceptors (Lipinski definition) is 8. The molecule has 0 saturated carbocycles. The molecule has 0 amide bonds. The van der Waals surface area contributed by atoms with Crippen molar-refractivity contribution in [3.8, 4) is 34.5 Å². The highest BCUT2D eigenvalue weighted by atomic mass is 79.9. The topological polar surface area (TPSA) is 156 Å². The molecule has 0 saturated heterocycles. The number of aromatic hydroxyl groups is 6. The van der Waals surface area contributed by atoms with Crippen molar-refractivity contribution in [3.63, 3.8) is 0 Å². The van der Waals surface area contributed by atoms with Crippen molar-refractivity contribution in [2.45, 2.75) is 13.8 Å². The number of rotatable bonds is 0. The Morgan fingerprint density at radius 3 is 1.27 bits per heavy atom. The van der Waals surface area contributed by atoms with Crippen molar-refractivity contribution in [2.24, 2.45) is 0 Å². The summed E-state index contributed by atoms with van der Waals surface area (Å²) in [6, 6.07) is 1.43. The molecular formula is C30H13Br3O8. The molecule has 8 nitrogen and oxygen atoms in total. The van der Waals surface area contributed by atoms with Gasteiger partial charge in [0.2, 0.25) is 10.9 Å². The Hall–Kier alpha value is -3.80. The Balaban J connectivity index is 2.05. The molecule has 0 heterocycles. The molecule has 0 aliphatic heterocycles. The molecule has 202 valence electrons. The highest BCUT2D eigenvalue weighted by Gasteiger charge is 2.35. The maximum Gasteiger partial charge on any atom is 0.201 e. The number of aryl methyl sites for hydroxylation is 2. The predicted molar refractivity (Wildman–Crippen MR) is 169 cm³/mol. The Kier molecular flexibility index (Phi) is 4.46. The van der Waals surface area contributed by atoms with E-state index in [1.807, 2.05) is 0 Å². The third-order valence-electron chi connectivity index (χ3n) is 8.59. The average molecular weight is 741 g/mol. The molecule has 8 rings (SSSR count). The molecule has 0 spiro atoms. The zero-order valence-corrected chi connectivity index (χ0v) is 25.5. The summed E-state index contributed by atoms with van der Waals surface area (Å²) in [5, 5.41) is 69.6. The van der Waals surface area contributed by atoms with Gasteiger partial charge in [-0.25, -0.2) is 0 Å². The molecule has 0 aliphatic rings. The Morgan fingerprint density at radius 2 is 0.780 bits per heavy atom. The van der Waals surface area contributed by atoms with Crippen LogP contribution in [-0.4, -0.2) is 30.6 Å². The Labute approximate surface area is 252 Å². The number of phenolic OH excluding ortho intramolecular Hbond substituents is 6. The predicted octanol–water partition coefficient (Wildman–Crippen LogP) is 7.37. The largest absolute Gasteiger partial charge is 0.507 e. The van der Waals surface area contributed by atoms with Crippen LogP contribution in [0.15, 0.2) is 29.1 Å². The second kappa shape index (κ2) is 7.33. The van der Waals surface area contributed by atoms with Crippen molar-refractivity contribution in [1.82, 2.24) is 0 Å². The Morgan fingerprint density at radius 1 is 0.439 bits per heavy atom. The molecule has 0 aromatic heterocycles. The average Bonchev–Trinajstić information content (AvgIpc) is 2.92. The van der Waals surface area contributed by atoms with E-state index in [9.17, 15) is 40.2 Å². The number of halogens is 3. The van der Waals surface area contributed by atoms with Gasteiger partial charge >= 0.3 is 0 Å².